The lowest BCUT2D eigenvalue weighted by Crippen LogP contribution is -2.99. The Kier molecular flexibility index (Phi) is 5.82. The summed E-state index contributed by atoms with van der Waals surface area (Å²) in [7, 11) is 1.41. The van der Waals surface area contributed by atoms with Crippen LogP contribution in [0.3, 0.4) is 0 Å². The Hall–Kier alpha value is -2.26. The molecule has 0 radical (unpaired) electrons. The predicted octanol–water partition coefficient (Wildman–Crippen LogP) is -0.730. The number of quaternary nitrogens is 1. The van der Waals surface area contributed by atoms with E-state index in [9.17, 15) is 24.6 Å². The van der Waals surface area contributed by atoms with Crippen molar-refractivity contribution in [1.82, 2.24) is 4.90 Å². The van der Waals surface area contributed by atoms with Crippen LogP contribution in [0.5, 0.6) is 11.5 Å². The van der Waals surface area contributed by atoms with E-state index in [0.29, 0.717) is 11.3 Å². The van der Waals surface area contributed by atoms with E-state index in [1.165, 1.54) is 24.2 Å². The van der Waals surface area contributed by atoms with E-state index < -0.39 is 41.2 Å². The van der Waals surface area contributed by atoms with Gasteiger partial charge in [0.1, 0.15) is 23.8 Å². The monoisotopic (exact) mass is 422 g/mol. The Morgan fingerprint density at radius 2 is 2.07 bits per heavy atom. The number of carboxylic acid groups (broad SMARTS) is 1. The number of fused-ring (bicyclic) bond motifs is 1. The third kappa shape index (κ3) is 3.16. The summed E-state index contributed by atoms with van der Waals surface area (Å²) in [5.41, 5.74) is -1.21. The number of para-hydroxylation sites is 1. The molecule has 0 aliphatic carbocycles. The van der Waals surface area contributed by atoms with Crippen LogP contribution >= 0.6 is 11.8 Å². The quantitative estimate of drug-likeness (QED) is 0.555. The van der Waals surface area contributed by atoms with Crippen LogP contribution in [0.25, 0.3) is 0 Å². The fourth-order valence-corrected chi connectivity index (χ4v) is 5.26. The third-order valence-electron chi connectivity index (χ3n) is 6.03. The molecule has 4 atom stereocenters. The second-order valence-corrected chi connectivity index (χ2v) is 8.79. The number of hydrogen-bond donors (Lipinski definition) is 2. The van der Waals surface area contributed by atoms with E-state index in [4.69, 9.17) is 4.74 Å². The standard InChI is InChI=1S/C20H26N2O6S/c1-10(2)22-17(24)13-14(18(22)25)20(19(26)27,8-9-29-4)21-15(13)11-6-5-7-12(28-3)16(11)23/h5-7,10,13-15,21,23H,8-9H2,1-4H3,(H,26,27)/t13-,14-,15+,20+/m0/s1. The number of hydrogen-bond acceptors (Lipinski definition) is 7. The Balaban J connectivity index is 2.18. The van der Waals surface area contributed by atoms with Crippen LogP contribution in [0.1, 0.15) is 31.9 Å². The van der Waals surface area contributed by atoms with Gasteiger partial charge in [-0.25, -0.2) is 0 Å². The number of nitrogens with two attached hydrogens (primary N) is 1. The summed E-state index contributed by atoms with van der Waals surface area (Å²) in [6, 6.07) is 3.74. The SMILES string of the molecule is COc1cccc([C@H]2[NH2+][C@@](CCSC)(C(=O)[O-])[C@@H]3C(=O)N(C(C)C)C(=O)[C@H]23)c1O. The highest BCUT2D eigenvalue weighted by atomic mass is 32.2. The lowest BCUT2D eigenvalue weighted by molar-refractivity contribution is -0.739. The lowest BCUT2D eigenvalue weighted by atomic mass is 9.78. The maximum absolute atomic E-state index is 13.2. The third-order valence-corrected chi connectivity index (χ3v) is 6.64. The largest absolute Gasteiger partial charge is 0.544 e. The smallest absolute Gasteiger partial charge is 0.240 e. The summed E-state index contributed by atoms with van der Waals surface area (Å²) in [5, 5.41) is 24.6. The van der Waals surface area contributed by atoms with Crippen molar-refractivity contribution in [3.8, 4) is 11.5 Å². The summed E-state index contributed by atoms with van der Waals surface area (Å²) >= 11 is 1.46. The first-order chi connectivity index (χ1) is 13.7. The van der Waals surface area contributed by atoms with Gasteiger partial charge in [-0.15, -0.1) is 0 Å². The number of imide groups is 1. The Bertz CT molecular complexity index is 844. The topological polar surface area (TPSA) is 124 Å². The van der Waals surface area contributed by atoms with E-state index >= 15 is 0 Å². The summed E-state index contributed by atoms with van der Waals surface area (Å²) in [4.78, 5) is 40.0. The van der Waals surface area contributed by atoms with Crippen LogP contribution in [0.2, 0.25) is 0 Å². The number of phenolic OH excluding ortho intramolecular Hbond substituents is 1. The maximum Gasteiger partial charge on any atom is 0.240 e. The molecule has 1 aromatic rings. The molecule has 29 heavy (non-hydrogen) atoms. The zero-order valence-electron chi connectivity index (χ0n) is 16.9. The molecule has 0 unspecified atom stereocenters. The second kappa shape index (κ2) is 7.87. The zero-order chi connectivity index (χ0) is 21.5. The van der Waals surface area contributed by atoms with Gasteiger partial charge in [0.2, 0.25) is 11.8 Å². The number of nitrogens with zero attached hydrogens (tertiary/aromatic N) is 1. The molecule has 2 fully saturated rings. The van der Waals surface area contributed by atoms with Gasteiger partial charge in [0.15, 0.2) is 17.0 Å². The van der Waals surface area contributed by atoms with Crippen LogP contribution < -0.4 is 15.2 Å². The summed E-state index contributed by atoms with van der Waals surface area (Å²) in [6.45, 7) is 3.45. The van der Waals surface area contributed by atoms with Crippen molar-refractivity contribution in [3.63, 3.8) is 0 Å². The first kappa shape index (κ1) is 21.4. The molecule has 3 rings (SSSR count). The van der Waals surface area contributed by atoms with E-state index in [1.807, 2.05) is 6.26 Å². The minimum Gasteiger partial charge on any atom is -0.544 e. The van der Waals surface area contributed by atoms with E-state index in [-0.39, 0.29) is 24.0 Å². The molecule has 0 spiro atoms. The van der Waals surface area contributed by atoms with Crippen LogP contribution in [0.4, 0.5) is 0 Å². The van der Waals surface area contributed by atoms with Crippen LogP contribution in [0, 0.1) is 11.8 Å². The number of thioether (sulfide) groups is 1. The van der Waals surface area contributed by atoms with Crippen LogP contribution in [0.15, 0.2) is 18.2 Å². The number of methoxy groups -OCH3 is 1. The molecule has 8 nitrogen and oxygen atoms in total. The first-order valence-electron chi connectivity index (χ1n) is 9.50. The molecule has 0 aromatic heterocycles. The van der Waals surface area contributed by atoms with Crippen molar-refractivity contribution in [3.05, 3.63) is 23.8 Å². The molecular formula is C20H26N2O6S. The molecule has 2 saturated heterocycles. The number of amides is 2. The maximum atomic E-state index is 13.2. The average molecular weight is 423 g/mol. The van der Waals surface area contributed by atoms with Gasteiger partial charge >= 0.3 is 0 Å². The highest BCUT2D eigenvalue weighted by molar-refractivity contribution is 7.98. The second-order valence-electron chi connectivity index (χ2n) is 7.80. The number of aromatic hydroxyl groups is 1. The number of rotatable bonds is 7. The Morgan fingerprint density at radius 1 is 1.38 bits per heavy atom. The molecule has 2 aliphatic heterocycles. The fraction of sp³-hybridized carbons (Fsp3) is 0.550. The number of carbonyl (C=O) groups excluding carboxylic acids is 3. The van der Waals surface area contributed by atoms with Crippen molar-refractivity contribution in [1.29, 1.82) is 0 Å². The van der Waals surface area contributed by atoms with E-state index in [0.717, 1.165) is 4.90 Å². The van der Waals surface area contributed by atoms with Crippen molar-refractivity contribution in [2.45, 2.75) is 37.9 Å². The van der Waals surface area contributed by atoms with Gasteiger partial charge in [-0.2, -0.15) is 11.8 Å². The molecule has 3 N–H and O–H groups in total. The lowest BCUT2D eigenvalue weighted by Gasteiger charge is -2.33. The van der Waals surface area contributed by atoms with Gasteiger partial charge in [-0.1, -0.05) is 6.07 Å². The number of phenols is 1. The van der Waals surface area contributed by atoms with Gasteiger partial charge in [0, 0.05) is 12.5 Å². The molecule has 2 heterocycles. The molecule has 2 aliphatic rings. The highest BCUT2D eigenvalue weighted by Crippen LogP contribution is 2.48. The molecule has 0 saturated carbocycles. The fourth-order valence-electron chi connectivity index (χ4n) is 4.72. The highest BCUT2D eigenvalue weighted by Gasteiger charge is 2.69. The minimum atomic E-state index is -1.58. The summed E-state index contributed by atoms with van der Waals surface area (Å²) in [6.07, 6.45) is 2.02. The number of carboxylic acids is 1. The van der Waals surface area contributed by atoms with Crippen molar-refractivity contribution in [2.75, 3.05) is 19.1 Å². The molecule has 1 aromatic carbocycles. The van der Waals surface area contributed by atoms with Gasteiger partial charge in [-0.05, 0) is 38.0 Å². The number of carbonyl (C=O) groups is 3. The molecule has 0 bridgehead atoms. The van der Waals surface area contributed by atoms with Gasteiger partial charge < -0.3 is 25.1 Å². The van der Waals surface area contributed by atoms with Gasteiger partial charge in [0.25, 0.3) is 0 Å². The predicted molar refractivity (Wildman–Crippen MR) is 104 cm³/mol. The van der Waals surface area contributed by atoms with Gasteiger partial charge in [0.05, 0.1) is 12.7 Å². The van der Waals surface area contributed by atoms with Crippen molar-refractivity contribution in [2.24, 2.45) is 11.8 Å². The average Bonchev–Trinajstić information content (AvgIpc) is 3.15. The summed E-state index contributed by atoms with van der Waals surface area (Å²) < 4.78 is 5.17. The van der Waals surface area contributed by atoms with E-state index in [2.05, 4.69) is 0 Å². The Labute approximate surface area is 173 Å². The van der Waals surface area contributed by atoms with Crippen LogP contribution in [-0.2, 0) is 14.4 Å². The normalized spacial score (nSPS) is 28.9. The Morgan fingerprint density at radius 3 is 2.62 bits per heavy atom. The van der Waals surface area contributed by atoms with Gasteiger partial charge in [-0.3, -0.25) is 14.5 Å². The zero-order valence-corrected chi connectivity index (χ0v) is 17.7. The molecular weight excluding hydrogens is 396 g/mol. The molecule has 9 heteroatoms. The van der Waals surface area contributed by atoms with Crippen molar-refractivity contribution >= 4 is 29.5 Å². The van der Waals surface area contributed by atoms with Crippen molar-refractivity contribution < 1.29 is 34.7 Å². The molecule has 2 amide bonds. The minimum absolute atomic E-state index is 0.155. The first-order valence-corrected chi connectivity index (χ1v) is 10.9. The number of benzene rings is 1. The van der Waals surface area contributed by atoms with Crippen LogP contribution in [-0.4, -0.2) is 58.5 Å². The number of aliphatic carboxylic acids is 1. The molecule has 158 valence electrons. The number of likely N-dealkylation sites (tertiary alicyclic amines) is 1. The van der Waals surface area contributed by atoms with E-state index in [1.54, 1.807) is 32.0 Å². The summed E-state index contributed by atoms with van der Waals surface area (Å²) in [5.74, 6) is -3.65. The number of ether oxygens (including phenoxy) is 1.